The third kappa shape index (κ3) is 3.95. The van der Waals surface area contributed by atoms with Crippen LogP contribution in [0.5, 0.6) is 0 Å². The minimum atomic E-state index is -0.239. The number of benzene rings is 2. The molecule has 0 spiro atoms. The first-order valence-electron chi connectivity index (χ1n) is 5.85. The first-order valence-corrected chi connectivity index (χ1v) is 7.56. The summed E-state index contributed by atoms with van der Waals surface area (Å²) in [4.78, 5) is 0. The fraction of sp³-hybridized carbons (Fsp3) is 0.200. The minimum Gasteiger partial charge on any atom is -0.207 e. The van der Waals surface area contributed by atoms with Crippen molar-refractivity contribution in [1.29, 1.82) is 0 Å². The van der Waals surface area contributed by atoms with Crippen LogP contribution in [0.15, 0.2) is 46.9 Å². The van der Waals surface area contributed by atoms with Crippen LogP contribution in [0.25, 0.3) is 0 Å². The van der Waals surface area contributed by atoms with E-state index in [2.05, 4.69) is 15.9 Å². The van der Waals surface area contributed by atoms with Crippen molar-refractivity contribution in [1.82, 2.24) is 0 Å². The molecule has 100 valence electrons. The Labute approximate surface area is 130 Å². The van der Waals surface area contributed by atoms with Gasteiger partial charge in [0.05, 0.1) is 0 Å². The zero-order valence-corrected chi connectivity index (χ0v) is 13.1. The van der Waals surface area contributed by atoms with E-state index in [1.165, 1.54) is 6.07 Å². The lowest BCUT2D eigenvalue weighted by atomic mass is 9.93. The average Bonchev–Trinajstić information content (AvgIpc) is 2.41. The lowest BCUT2D eigenvalue weighted by Gasteiger charge is -2.15. The first kappa shape index (κ1) is 14.8. The maximum absolute atomic E-state index is 13.7. The summed E-state index contributed by atoms with van der Waals surface area (Å²) in [5.74, 6) is 0.271. The van der Waals surface area contributed by atoms with Gasteiger partial charge in [-0.05, 0) is 47.9 Å². The number of rotatable bonds is 4. The summed E-state index contributed by atoms with van der Waals surface area (Å²) in [6.07, 6.45) is 0.539. The van der Waals surface area contributed by atoms with E-state index in [9.17, 15) is 4.39 Å². The molecular formula is C15H12BrCl2F. The van der Waals surface area contributed by atoms with Gasteiger partial charge in [-0.2, -0.15) is 0 Å². The Bertz CT molecular complexity index is 555. The minimum absolute atomic E-state index is 0.0720. The Morgan fingerprint density at radius 3 is 2.42 bits per heavy atom. The maximum atomic E-state index is 13.7. The highest BCUT2D eigenvalue weighted by Gasteiger charge is 2.14. The van der Waals surface area contributed by atoms with Crippen LogP contribution in [0.2, 0.25) is 5.02 Å². The first-order chi connectivity index (χ1) is 9.10. The molecule has 19 heavy (non-hydrogen) atoms. The van der Waals surface area contributed by atoms with Gasteiger partial charge in [-0.25, -0.2) is 4.39 Å². The topological polar surface area (TPSA) is 0 Å². The van der Waals surface area contributed by atoms with Crippen LogP contribution in [0.1, 0.15) is 17.0 Å². The van der Waals surface area contributed by atoms with E-state index in [-0.39, 0.29) is 11.7 Å². The van der Waals surface area contributed by atoms with Crippen molar-refractivity contribution < 1.29 is 4.39 Å². The molecule has 2 aromatic carbocycles. The van der Waals surface area contributed by atoms with Crippen LogP contribution in [-0.4, -0.2) is 5.88 Å². The van der Waals surface area contributed by atoms with Crippen molar-refractivity contribution in [2.24, 2.45) is 0 Å². The molecule has 2 rings (SSSR count). The second-order valence-corrected chi connectivity index (χ2v) is 6.00. The van der Waals surface area contributed by atoms with Crippen molar-refractivity contribution in [3.63, 3.8) is 0 Å². The summed E-state index contributed by atoms with van der Waals surface area (Å²) in [6.45, 7) is 0. The Morgan fingerprint density at radius 2 is 1.79 bits per heavy atom. The Hall–Kier alpha value is -0.570. The van der Waals surface area contributed by atoms with Crippen LogP contribution in [0.4, 0.5) is 4.39 Å². The summed E-state index contributed by atoms with van der Waals surface area (Å²) < 4.78 is 14.7. The molecule has 0 nitrogen and oxygen atoms in total. The summed E-state index contributed by atoms with van der Waals surface area (Å²) in [7, 11) is 0. The molecule has 1 unspecified atom stereocenters. The van der Waals surface area contributed by atoms with E-state index in [1.54, 1.807) is 12.1 Å². The lowest BCUT2D eigenvalue weighted by Crippen LogP contribution is -2.06. The second-order valence-electron chi connectivity index (χ2n) is 4.34. The van der Waals surface area contributed by atoms with Crippen molar-refractivity contribution in [2.75, 3.05) is 5.88 Å². The molecule has 0 saturated carbocycles. The second kappa shape index (κ2) is 6.74. The molecule has 0 aliphatic carbocycles. The molecule has 0 N–H and O–H groups in total. The molecule has 4 heteroatoms. The molecule has 0 aliphatic rings. The van der Waals surface area contributed by atoms with Crippen LogP contribution in [-0.2, 0) is 6.42 Å². The van der Waals surface area contributed by atoms with Crippen LogP contribution < -0.4 is 0 Å². The fourth-order valence-corrected chi connectivity index (χ4v) is 2.71. The smallest absolute Gasteiger partial charge is 0.126 e. The van der Waals surface area contributed by atoms with Crippen molar-refractivity contribution in [3.8, 4) is 0 Å². The normalized spacial score (nSPS) is 12.4. The molecule has 0 bridgehead atoms. The molecule has 0 radical (unpaired) electrons. The molecule has 0 heterocycles. The van der Waals surface area contributed by atoms with Gasteiger partial charge in [0.25, 0.3) is 0 Å². The van der Waals surface area contributed by atoms with E-state index >= 15 is 0 Å². The van der Waals surface area contributed by atoms with Gasteiger partial charge < -0.3 is 0 Å². The quantitative estimate of drug-likeness (QED) is 0.603. The molecule has 0 amide bonds. The van der Waals surface area contributed by atoms with Gasteiger partial charge >= 0.3 is 0 Å². The fourth-order valence-electron chi connectivity index (χ4n) is 1.96. The van der Waals surface area contributed by atoms with Crippen LogP contribution in [0, 0.1) is 5.82 Å². The molecule has 1 atom stereocenters. The van der Waals surface area contributed by atoms with Crippen molar-refractivity contribution in [2.45, 2.75) is 12.3 Å². The zero-order valence-electron chi connectivity index (χ0n) is 10.0. The van der Waals surface area contributed by atoms with E-state index in [0.717, 1.165) is 10.0 Å². The van der Waals surface area contributed by atoms with E-state index in [1.807, 2.05) is 24.3 Å². The number of hydrogen-bond donors (Lipinski definition) is 0. The summed E-state index contributed by atoms with van der Waals surface area (Å²) in [5, 5.41) is 0.542. The number of hydrogen-bond acceptors (Lipinski definition) is 0. The van der Waals surface area contributed by atoms with Crippen LogP contribution in [0.3, 0.4) is 0 Å². The molecular weight excluding hydrogens is 350 g/mol. The predicted molar refractivity (Wildman–Crippen MR) is 82.7 cm³/mol. The van der Waals surface area contributed by atoms with E-state index in [0.29, 0.717) is 22.9 Å². The van der Waals surface area contributed by atoms with Crippen molar-refractivity contribution in [3.05, 3.63) is 68.9 Å². The summed E-state index contributed by atoms with van der Waals surface area (Å²) in [5.41, 5.74) is 1.69. The molecule has 0 aromatic heterocycles. The lowest BCUT2D eigenvalue weighted by molar-refractivity contribution is 0.598. The average molecular weight is 362 g/mol. The predicted octanol–water partition coefficient (Wildman–Crippen LogP) is 5.81. The highest BCUT2D eigenvalue weighted by atomic mass is 79.9. The van der Waals surface area contributed by atoms with Gasteiger partial charge in [0.15, 0.2) is 0 Å². The number of halogens is 4. The standard InChI is InChI=1S/C15H12BrCl2F/c16-13-3-1-10(2-4-13)12(9-17)7-11-8-14(18)5-6-15(11)19/h1-6,8,12H,7,9H2. The Morgan fingerprint density at radius 1 is 1.11 bits per heavy atom. The van der Waals surface area contributed by atoms with Gasteiger partial charge in [-0.15, -0.1) is 11.6 Å². The number of alkyl halides is 1. The summed E-state index contributed by atoms with van der Waals surface area (Å²) in [6, 6.07) is 12.5. The van der Waals surface area contributed by atoms with Crippen molar-refractivity contribution >= 4 is 39.1 Å². The Balaban J connectivity index is 2.23. The third-order valence-corrected chi connectivity index (χ3v) is 4.14. The van der Waals surface area contributed by atoms with Gasteiger partial charge in [-0.3, -0.25) is 0 Å². The SMILES string of the molecule is Fc1ccc(Cl)cc1CC(CCl)c1ccc(Br)cc1. The van der Waals surface area contributed by atoms with E-state index in [4.69, 9.17) is 23.2 Å². The maximum Gasteiger partial charge on any atom is 0.126 e. The molecule has 0 fully saturated rings. The third-order valence-electron chi connectivity index (χ3n) is 3.00. The highest BCUT2D eigenvalue weighted by Crippen LogP contribution is 2.26. The zero-order chi connectivity index (χ0) is 13.8. The van der Waals surface area contributed by atoms with Gasteiger partial charge in [0, 0.05) is 21.3 Å². The summed E-state index contributed by atoms with van der Waals surface area (Å²) >= 11 is 15.3. The molecule has 2 aromatic rings. The molecule has 0 aliphatic heterocycles. The van der Waals surface area contributed by atoms with E-state index < -0.39 is 0 Å². The Kier molecular flexibility index (Phi) is 5.26. The highest BCUT2D eigenvalue weighted by molar-refractivity contribution is 9.10. The van der Waals surface area contributed by atoms with Gasteiger partial charge in [-0.1, -0.05) is 39.7 Å². The van der Waals surface area contributed by atoms with Gasteiger partial charge in [0.1, 0.15) is 5.82 Å². The monoisotopic (exact) mass is 360 g/mol. The van der Waals surface area contributed by atoms with Gasteiger partial charge in [0.2, 0.25) is 0 Å². The largest absolute Gasteiger partial charge is 0.207 e. The van der Waals surface area contributed by atoms with Crippen LogP contribution >= 0.6 is 39.1 Å². The molecule has 0 saturated heterocycles.